The Morgan fingerprint density at radius 3 is 2.72 bits per heavy atom. The van der Waals surface area contributed by atoms with Crippen LogP contribution in [0.1, 0.15) is 0 Å². The summed E-state index contributed by atoms with van der Waals surface area (Å²) >= 11 is 4.97. The van der Waals surface area contributed by atoms with E-state index in [1.165, 1.54) is 0 Å². The molecule has 1 N–H and O–H groups in total. The summed E-state index contributed by atoms with van der Waals surface area (Å²) in [6.45, 7) is 1.06. The molecule has 0 bridgehead atoms. The summed E-state index contributed by atoms with van der Waals surface area (Å²) in [5.41, 5.74) is 1.73. The summed E-state index contributed by atoms with van der Waals surface area (Å²) in [6, 6.07) is 11.4. The summed E-state index contributed by atoms with van der Waals surface area (Å²) < 4.78 is 11.2. The second kappa shape index (κ2) is 6.28. The fourth-order valence-electron chi connectivity index (χ4n) is 1.53. The molecule has 4 nitrogen and oxygen atoms in total. The van der Waals surface area contributed by atoms with Gasteiger partial charge in [-0.05, 0) is 24.3 Å². The van der Waals surface area contributed by atoms with E-state index in [0.717, 1.165) is 17.0 Å². The van der Waals surface area contributed by atoms with Crippen LogP contribution in [0, 0.1) is 4.64 Å². The highest BCUT2D eigenvalue weighted by molar-refractivity contribution is 7.71. The molecule has 5 heteroatoms. The maximum atomic E-state index is 5.66. The Hall–Kier alpha value is -1.72. The maximum Gasteiger partial charge on any atom is 0.128 e. The second-order valence-electron chi connectivity index (χ2n) is 3.64. The second-order valence-corrected chi connectivity index (χ2v) is 4.08. The summed E-state index contributed by atoms with van der Waals surface area (Å²) in [7, 11) is 1.65. The van der Waals surface area contributed by atoms with Crippen LogP contribution in [-0.2, 0) is 4.74 Å². The molecule has 0 atom stereocenters. The highest BCUT2D eigenvalue weighted by atomic mass is 32.1. The molecule has 0 unspecified atom stereocenters. The third-order valence-corrected chi connectivity index (χ3v) is 2.61. The Labute approximate surface area is 111 Å². The minimum atomic E-state index is 0.510. The van der Waals surface area contributed by atoms with Gasteiger partial charge < -0.3 is 9.47 Å². The number of hydrogen-bond donors (Lipinski definition) is 1. The Kier molecular flexibility index (Phi) is 4.44. The number of H-pyrrole nitrogens is 1. The lowest BCUT2D eigenvalue weighted by Gasteiger charge is -2.10. The smallest absolute Gasteiger partial charge is 0.128 e. The van der Waals surface area contributed by atoms with E-state index in [1.807, 2.05) is 36.4 Å². The number of nitrogens with zero attached hydrogens (tertiary/aromatic N) is 1. The number of para-hydroxylation sites is 1. The molecule has 0 aliphatic heterocycles. The van der Waals surface area contributed by atoms with Gasteiger partial charge in [0.1, 0.15) is 17.0 Å². The van der Waals surface area contributed by atoms with E-state index in [1.54, 1.807) is 7.11 Å². The number of aromatic amines is 1. The van der Waals surface area contributed by atoms with Crippen molar-refractivity contribution in [3.8, 4) is 17.0 Å². The molecule has 0 saturated heterocycles. The van der Waals surface area contributed by atoms with Gasteiger partial charge in [0.2, 0.25) is 0 Å². The van der Waals surface area contributed by atoms with Crippen LogP contribution < -0.4 is 4.74 Å². The first kappa shape index (κ1) is 12.7. The molecule has 0 fully saturated rings. The topological polar surface area (TPSA) is 47.1 Å². The Balaban J connectivity index is 2.26. The lowest BCUT2D eigenvalue weighted by Crippen LogP contribution is -2.05. The number of methoxy groups -OCH3 is 1. The van der Waals surface area contributed by atoms with Crippen LogP contribution in [0.15, 0.2) is 36.4 Å². The number of aromatic nitrogens is 2. The van der Waals surface area contributed by atoms with Gasteiger partial charge in [-0.25, -0.2) is 0 Å². The highest BCUT2D eigenvalue weighted by Crippen LogP contribution is 2.27. The zero-order chi connectivity index (χ0) is 12.8. The van der Waals surface area contributed by atoms with E-state index in [0.29, 0.717) is 17.9 Å². The average molecular weight is 262 g/mol. The van der Waals surface area contributed by atoms with Gasteiger partial charge in [-0.1, -0.05) is 24.4 Å². The number of ether oxygens (including phenoxy) is 2. The van der Waals surface area contributed by atoms with Crippen molar-refractivity contribution in [1.29, 1.82) is 0 Å². The molecule has 1 aromatic carbocycles. The lowest BCUT2D eigenvalue weighted by molar-refractivity contribution is 0.146. The molecule has 1 heterocycles. The van der Waals surface area contributed by atoms with E-state index in [9.17, 15) is 0 Å². The highest BCUT2D eigenvalue weighted by Gasteiger charge is 2.06. The first-order valence-corrected chi connectivity index (χ1v) is 5.99. The van der Waals surface area contributed by atoms with E-state index >= 15 is 0 Å². The first-order chi connectivity index (χ1) is 8.81. The molecule has 94 valence electrons. The van der Waals surface area contributed by atoms with Crippen LogP contribution in [0.25, 0.3) is 11.3 Å². The normalized spacial score (nSPS) is 10.3. The summed E-state index contributed by atoms with van der Waals surface area (Å²) in [6.07, 6.45) is 0. The Morgan fingerprint density at radius 2 is 2.00 bits per heavy atom. The molecule has 0 saturated carbocycles. The van der Waals surface area contributed by atoms with Crippen molar-refractivity contribution in [2.45, 2.75) is 0 Å². The van der Waals surface area contributed by atoms with Crippen molar-refractivity contribution < 1.29 is 9.47 Å². The van der Waals surface area contributed by atoms with Crippen LogP contribution in [0.2, 0.25) is 0 Å². The molecule has 2 aromatic rings. The predicted molar refractivity (Wildman–Crippen MR) is 72.2 cm³/mol. The zero-order valence-electron chi connectivity index (χ0n) is 10.1. The van der Waals surface area contributed by atoms with Crippen molar-refractivity contribution in [1.82, 2.24) is 10.2 Å². The largest absolute Gasteiger partial charge is 0.490 e. The zero-order valence-corrected chi connectivity index (χ0v) is 10.9. The van der Waals surface area contributed by atoms with Crippen LogP contribution in [0.5, 0.6) is 5.75 Å². The van der Waals surface area contributed by atoms with Crippen molar-refractivity contribution in [3.05, 3.63) is 41.0 Å². The monoisotopic (exact) mass is 262 g/mol. The molecule has 0 amide bonds. The molecular formula is C13H14N2O2S. The van der Waals surface area contributed by atoms with E-state index in [-0.39, 0.29) is 0 Å². The van der Waals surface area contributed by atoms with Crippen molar-refractivity contribution in [2.75, 3.05) is 20.3 Å². The van der Waals surface area contributed by atoms with Gasteiger partial charge in [-0.15, -0.1) is 0 Å². The summed E-state index contributed by atoms with van der Waals surface area (Å²) in [5.74, 6) is 0.785. The number of benzene rings is 1. The molecule has 1 aromatic heterocycles. The lowest BCUT2D eigenvalue weighted by atomic mass is 10.1. The minimum absolute atomic E-state index is 0.510. The summed E-state index contributed by atoms with van der Waals surface area (Å²) in [5, 5.41) is 6.97. The number of nitrogens with one attached hydrogen (secondary N) is 1. The van der Waals surface area contributed by atoms with Gasteiger partial charge in [0.15, 0.2) is 0 Å². The predicted octanol–water partition coefficient (Wildman–Crippen LogP) is 2.83. The van der Waals surface area contributed by atoms with Gasteiger partial charge in [0.05, 0.1) is 12.3 Å². The van der Waals surface area contributed by atoms with E-state index < -0.39 is 0 Å². The van der Waals surface area contributed by atoms with Crippen molar-refractivity contribution in [2.24, 2.45) is 0 Å². The molecule has 0 aliphatic rings. The number of hydrogen-bond acceptors (Lipinski definition) is 4. The fourth-order valence-corrected chi connectivity index (χ4v) is 1.65. The third kappa shape index (κ3) is 3.15. The molecule has 18 heavy (non-hydrogen) atoms. The maximum absolute atomic E-state index is 5.66. The van der Waals surface area contributed by atoms with Crippen molar-refractivity contribution >= 4 is 12.2 Å². The third-order valence-electron chi connectivity index (χ3n) is 2.39. The van der Waals surface area contributed by atoms with Gasteiger partial charge >= 0.3 is 0 Å². The minimum Gasteiger partial charge on any atom is -0.490 e. The molecule has 0 aliphatic carbocycles. The summed E-state index contributed by atoms with van der Waals surface area (Å²) in [4.78, 5) is 0. The Bertz CT molecular complexity index is 548. The van der Waals surface area contributed by atoms with Crippen LogP contribution in [-0.4, -0.2) is 30.5 Å². The Morgan fingerprint density at radius 1 is 1.17 bits per heavy atom. The van der Waals surface area contributed by atoms with Crippen LogP contribution >= 0.6 is 12.2 Å². The molecule has 0 radical (unpaired) electrons. The van der Waals surface area contributed by atoms with Crippen molar-refractivity contribution in [3.63, 3.8) is 0 Å². The van der Waals surface area contributed by atoms with Gasteiger partial charge in [-0.2, -0.15) is 5.10 Å². The quantitative estimate of drug-likeness (QED) is 0.665. The SMILES string of the molecule is COCCOc1ccccc1-c1ccc(=S)[nH]n1. The standard InChI is InChI=1S/C13H14N2O2S/c1-16-8-9-17-12-5-3-2-4-10(12)11-6-7-13(18)15-14-11/h2-7H,8-9H2,1H3,(H,15,18). The van der Waals surface area contributed by atoms with Gasteiger partial charge in [-0.3, -0.25) is 5.10 Å². The van der Waals surface area contributed by atoms with E-state index in [2.05, 4.69) is 10.2 Å². The molecule has 2 rings (SSSR count). The van der Waals surface area contributed by atoms with E-state index in [4.69, 9.17) is 21.7 Å². The molecular weight excluding hydrogens is 248 g/mol. The fraction of sp³-hybridized carbons (Fsp3) is 0.231. The average Bonchev–Trinajstić information content (AvgIpc) is 2.41. The van der Waals surface area contributed by atoms with Crippen LogP contribution in [0.3, 0.4) is 0 Å². The molecule has 0 spiro atoms. The number of rotatable bonds is 5. The van der Waals surface area contributed by atoms with Gasteiger partial charge in [0.25, 0.3) is 0 Å². The van der Waals surface area contributed by atoms with Gasteiger partial charge in [0, 0.05) is 12.7 Å². The van der Waals surface area contributed by atoms with Crippen LogP contribution in [0.4, 0.5) is 0 Å². The first-order valence-electron chi connectivity index (χ1n) is 5.58.